The first-order valence-electron chi connectivity index (χ1n) is 20.5. The first-order valence-corrected chi connectivity index (χ1v) is 22.1. The molecule has 3 N–H and O–H groups in total. The zero-order chi connectivity index (χ0) is 41.7. The van der Waals surface area contributed by atoms with Gasteiger partial charge >= 0.3 is 0 Å². The number of hydrogen-bond acceptors (Lipinski definition) is 7. The fourth-order valence-electron chi connectivity index (χ4n) is 8.60. The van der Waals surface area contributed by atoms with Crippen LogP contribution in [0.15, 0.2) is 188 Å². The first-order chi connectivity index (χ1) is 30.5. The lowest BCUT2D eigenvalue weighted by atomic mass is 9.93. The number of anilines is 1. The van der Waals surface area contributed by atoms with E-state index in [9.17, 15) is 0 Å². The number of aryl methyl sites for hydroxylation is 1. The molecule has 7 heteroatoms. The molecule has 0 aliphatic heterocycles. The number of nitrogens with zero attached hydrogens (tertiary/aromatic N) is 3. The Balaban J connectivity index is 0.000000201. The summed E-state index contributed by atoms with van der Waals surface area (Å²) in [5.41, 5.74) is 12.5. The summed E-state index contributed by atoms with van der Waals surface area (Å²) in [5, 5.41) is 19.2. The lowest BCUT2D eigenvalue weighted by molar-refractivity contribution is 1.08. The number of nitrogens with one attached hydrogen (secondary N) is 1. The standard InChI is InChI=1S/C40H25N3S.C15H12N2S/c1-24-11-9-19-34-36(24)37-32(18-10-20-35(37)44-34)40-42-38(25-12-3-2-4-13-25)41-39(43-40)26-21-22-31-29-16-6-5-14-27(29)28-15-7-8-17-30(28)33(31)23-26;16-13(10-6-2-1-3-7-10)15-14(17)11-8-4-5-9-12(11)18-15/h2-23H,1H3;1-9,16H,17H2. The Morgan fingerprint density at radius 1 is 0.435 bits per heavy atom. The monoisotopic (exact) mass is 831 g/mol. The van der Waals surface area contributed by atoms with Crippen molar-refractivity contribution in [2.75, 3.05) is 5.73 Å². The van der Waals surface area contributed by atoms with E-state index in [4.69, 9.17) is 26.1 Å². The van der Waals surface area contributed by atoms with Crippen LogP contribution in [0.25, 0.3) is 96.7 Å². The maximum Gasteiger partial charge on any atom is 0.164 e. The Hall–Kier alpha value is -7.58. The molecule has 0 saturated heterocycles. The Bertz CT molecular complexity index is 3650. The highest BCUT2D eigenvalue weighted by Crippen LogP contribution is 2.42. The molecule has 0 saturated carbocycles. The zero-order valence-electron chi connectivity index (χ0n) is 33.6. The first kappa shape index (κ1) is 37.4. The predicted molar refractivity (Wildman–Crippen MR) is 265 cm³/mol. The van der Waals surface area contributed by atoms with E-state index < -0.39 is 0 Å². The third-order valence-corrected chi connectivity index (χ3v) is 13.9. The fourth-order valence-corrected chi connectivity index (χ4v) is 10.9. The quantitative estimate of drug-likeness (QED) is 0.134. The predicted octanol–water partition coefficient (Wildman–Crippen LogP) is 14.9. The molecule has 3 aromatic heterocycles. The molecule has 0 aliphatic carbocycles. The van der Waals surface area contributed by atoms with Gasteiger partial charge in [-0.1, -0.05) is 164 Å². The van der Waals surface area contributed by atoms with Crippen molar-refractivity contribution in [3.8, 4) is 34.2 Å². The normalized spacial score (nSPS) is 11.4. The summed E-state index contributed by atoms with van der Waals surface area (Å²) in [7, 11) is 0. The molecule has 12 rings (SSSR count). The van der Waals surface area contributed by atoms with Crippen molar-refractivity contribution in [2.45, 2.75) is 6.92 Å². The van der Waals surface area contributed by atoms with Gasteiger partial charge in [0.1, 0.15) is 0 Å². The maximum atomic E-state index is 8.27. The average Bonchev–Trinajstić information content (AvgIpc) is 3.90. The van der Waals surface area contributed by atoms with Gasteiger partial charge in [-0.15, -0.1) is 22.7 Å². The van der Waals surface area contributed by atoms with Crippen LogP contribution >= 0.6 is 22.7 Å². The molecule has 9 aromatic carbocycles. The van der Waals surface area contributed by atoms with Crippen LogP contribution in [-0.4, -0.2) is 20.7 Å². The minimum atomic E-state index is 0.495. The molecule has 0 spiro atoms. The van der Waals surface area contributed by atoms with Crippen molar-refractivity contribution in [2.24, 2.45) is 0 Å². The van der Waals surface area contributed by atoms with Crippen molar-refractivity contribution in [3.05, 3.63) is 204 Å². The summed E-state index contributed by atoms with van der Waals surface area (Å²) in [5.74, 6) is 2.02. The maximum absolute atomic E-state index is 8.27. The van der Waals surface area contributed by atoms with E-state index >= 15 is 0 Å². The van der Waals surface area contributed by atoms with Gasteiger partial charge in [-0.25, -0.2) is 15.0 Å². The van der Waals surface area contributed by atoms with Crippen LogP contribution in [0.2, 0.25) is 0 Å². The molecule has 5 nitrogen and oxygen atoms in total. The van der Waals surface area contributed by atoms with E-state index in [1.54, 1.807) is 11.3 Å². The van der Waals surface area contributed by atoms with Crippen LogP contribution in [0.3, 0.4) is 0 Å². The van der Waals surface area contributed by atoms with Gasteiger partial charge in [0, 0.05) is 52.5 Å². The molecular formula is C55H37N5S2. The Morgan fingerprint density at radius 2 is 0.952 bits per heavy atom. The van der Waals surface area contributed by atoms with Crippen molar-refractivity contribution in [3.63, 3.8) is 0 Å². The number of benzene rings is 9. The molecule has 62 heavy (non-hydrogen) atoms. The minimum absolute atomic E-state index is 0.495. The Kier molecular flexibility index (Phi) is 9.34. The van der Waals surface area contributed by atoms with Crippen LogP contribution in [0.4, 0.5) is 5.69 Å². The molecule has 0 radical (unpaired) electrons. The van der Waals surface area contributed by atoms with Gasteiger partial charge in [-0.3, -0.25) is 5.41 Å². The SMILES string of the molecule is Cc1cccc2sc3cccc(-c4nc(-c5ccccc5)nc(-c5ccc6c7ccccc7c7ccccc7c6c5)n4)c3c12.N=C(c1ccccc1)c1sc2ccccc2c1N. The van der Waals surface area contributed by atoms with Gasteiger partial charge in [0.25, 0.3) is 0 Å². The third-order valence-electron chi connectivity index (χ3n) is 11.6. The van der Waals surface area contributed by atoms with E-state index in [0.717, 1.165) is 37.2 Å². The van der Waals surface area contributed by atoms with E-state index in [-0.39, 0.29) is 0 Å². The fraction of sp³-hybridized carbons (Fsp3) is 0.0182. The van der Waals surface area contributed by atoms with Crippen LogP contribution < -0.4 is 5.73 Å². The van der Waals surface area contributed by atoms with Gasteiger partial charge in [0.2, 0.25) is 0 Å². The summed E-state index contributed by atoms with van der Waals surface area (Å²) in [4.78, 5) is 16.2. The molecule has 0 bridgehead atoms. The number of nitrogens with two attached hydrogens (primary N) is 1. The topological polar surface area (TPSA) is 88.5 Å². The number of aromatic nitrogens is 3. The number of hydrogen-bond donors (Lipinski definition) is 2. The van der Waals surface area contributed by atoms with Crippen molar-refractivity contribution in [1.29, 1.82) is 5.41 Å². The molecule has 0 amide bonds. The lowest BCUT2D eigenvalue weighted by Gasteiger charge is -2.13. The second-order valence-corrected chi connectivity index (χ2v) is 17.5. The molecule has 3 heterocycles. The number of nitrogen functional groups attached to an aromatic ring is 1. The Morgan fingerprint density at radius 3 is 1.63 bits per heavy atom. The van der Waals surface area contributed by atoms with Crippen LogP contribution in [0.5, 0.6) is 0 Å². The molecule has 294 valence electrons. The van der Waals surface area contributed by atoms with Gasteiger partial charge in [0.05, 0.1) is 16.3 Å². The van der Waals surface area contributed by atoms with Gasteiger partial charge in [-0.05, 0) is 69.1 Å². The third kappa shape index (κ3) is 6.46. The summed E-state index contributed by atoms with van der Waals surface area (Å²) in [6.07, 6.45) is 0. The second kappa shape index (κ2) is 15.5. The molecular weight excluding hydrogens is 795 g/mol. The van der Waals surface area contributed by atoms with Crippen molar-refractivity contribution < 1.29 is 0 Å². The largest absolute Gasteiger partial charge is 0.397 e. The summed E-state index contributed by atoms with van der Waals surface area (Å²) < 4.78 is 3.64. The average molecular weight is 832 g/mol. The summed E-state index contributed by atoms with van der Waals surface area (Å²) in [6.45, 7) is 2.18. The van der Waals surface area contributed by atoms with Crippen molar-refractivity contribution >= 4 is 96.6 Å². The Labute approximate surface area is 366 Å². The number of fused-ring (bicyclic) bond motifs is 10. The molecule has 0 unspecified atom stereocenters. The van der Waals surface area contributed by atoms with Crippen LogP contribution in [-0.2, 0) is 0 Å². The van der Waals surface area contributed by atoms with Crippen LogP contribution in [0.1, 0.15) is 16.0 Å². The van der Waals surface area contributed by atoms with Gasteiger partial charge < -0.3 is 5.73 Å². The van der Waals surface area contributed by atoms with E-state index in [0.29, 0.717) is 28.9 Å². The minimum Gasteiger partial charge on any atom is -0.397 e. The number of thiophene rings is 2. The zero-order valence-corrected chi connectivity index (χ0v) is 35.3. The van der Waals surface area contributed by atoms with E-state index in [1.807, 2.05) is 84.1 Å². The summed E-state index contributed by atoms with van der Waals surface area (Å²) in [6, 6.07) is 64.8. The smallest absolute Gasteiger partial charge is 0.164 e. The second-order valence-electron chi connectivity index (χ2n) is 15.3. The van der Waals surface area contributed by atoms with Gasteiger partial charge in [0.15, 0.2) is 17.5 Å². The van der Waals surface area contributed by atoms with Gasteiger partial charge in [-0.2, -0.15) is 0 Å². The molecule has 0 atom stereocenters. The summed E-state index contributed by atoms with van der Waals surface area (Å²) >= 11 is 3.40. The molecule has 0 fully saturated rings. The highest BCUT2D eigenvalue weighted by atomic mass is 32.1. The lowest BCUT2D eigenvalue weighted by Crippen LogP contribution is -2.01. The van der Waals surface area contributed by atoms with Crippen LogP contribution in [0, 0.1) is 12.3 Å². The molecule has 12 aromatic rings. The van der Waals surface area contributed by atoms with E-state index in [2.05, 4.69) is 122 Å². The molecule has 0 aliphatic rings. The van der Waals surface area contributed by atoms with Crippen molar-refractivity contribution in [1.82, 2.24) is 15.0 Å². The highest BCUT2D eigenvalue weighted by molar-refractivity contribution is 7.26. The number of rotatable bonds is 5. The van der Waals surface area contributed by atoms with E-state index in [1.165, 1.54) is 58.1 Å². The highest BCUT2D eigenvalue weighted by Gasteiger charge is 2.19.